The van der Waals surface area contributed by atoms with Crippen LogP contribution in [-0.4, -0.2) is 22.0 Å². The fourth-order valence-corrected chi connectivity index (χ4v) is 2.67. The number of nitrogens with zero attached hydrogens (tertiary/aromatic N) is 2. The summed E-state index contributed by atoms with van der Waals surface area (Å²) in [5.74, 6) is 1.16. The minimum Gasteiger partial charge on any atom is -0.355 e. The highest BCUT2D eigenvalue weighted by Gasteiger charge is 2.26. The van der Waals surface area contributed by atoms with Crippen molar-refractivity contribution in [2.45, 2.75) is 38.6 Å². The van der Waals surface area contributed by atoms with Crippen molar-refractivity contribution in [3.8, 4) is 0 Å². The molecular weight excluding hydrogens is 262 g/mol. The van der Waals surface area contributed by atoms with E-state index >= 15 is 0 Å². The molecule has 0 saturated heterocycles. The van der Waals surface area contributed by atoms with Crippen LogP contribution < -0.4 is 5.32 Å². The van der Waals surface area contributed by atoms with E-state index in [4.69, 9.17) is 0 Å². The first-order valence-corrected chi connectivity index (χ1v) is 7.57. The van der Waals surface area contributed by atoms with Crippen LogP contribution in [-0.2, 0) is 17.6 Å². The molecule has 1 saturated carbocycles. The first-order chi connectivity index (χ1) is 10.2. The smallest absolute Gasteiger partial charge is 0.224 e. The highest BCUT2D eigenvalue weighted by atomic mass is 16.1. The maximum atomic E-state index is 11.9. The van der Waals surface area contributed by atoms with Crippen molar-refractivity contribution in [2.24, 2.45) is 0 Å². The van der Waals surface area contributed by atoms with Crippen molar-refractivity contribution in [1.82, 2.24) is 14.9 Å². The number of carbonyl (C=O) groups is 1. The van der Waals surface area contributed by atoms with Crippen LogP contribution in [0.4, 0.5) is 0 Å². The summed E-state index contributed by atoms with van der Waals surface area (Å²) < 4.78 is 2.32. The molecule has 1 fully saturated rings. The molecule has 0 atom stereocenters. The second-order valence-electron chi connectivity index (χ2n) is 5.68. The van der Waals surface area contributed by atoms with Gasteiger partial charge < -0.3 is 9.88 Å². The minimum absolute atomic E-state index is 0.0717. The first kappa shape index (κ1) is 13.9. The average Bonchev–Trinajstić information content (AvgIpc) is 3.24. The van der Waals surface area contributed by atoms with E-state index in [1.54, 1.807) is 0 Å². The zero-order valence-electron chi connectivity index (χ0n) is 12.4. The monoisotopic (exact) mass is 283 g/mol. The Hall–Kier alpha value is -2.10. The number of nitrogens with one attached hydrogen (secondary N) is 1. The maximum absolute atomic E-state index is 11.9. The molecule has 2 aromatic rings. The highest BCUT2D eigenvalue weighted by molar-refractivity contribution is 5.78. The van der Waals surface area contributed by atoms with Gasteiger partial charge in [-0.1, -0.05) is 30.3 Å². The van der Waals surface area contributed by atoms with E-state index in [0.717, 1.165) is 17.8 Å². The molecule has 0 aliphatic heterocycles. The summed E-state index contributed by atoms with van der Waals surface area (Å²) in [5.41, 5.74) is 2.27. The maximum Gasteiger partial charge on any atom is 0.224 e. The number of aryl methyl sites for hydroxylation is 1. The summed E-state index contributed by atoms with van der Waals surface area (Å²) >= 11 is 0. The van der Waals surface area contributed by atoms with Crippen molar-refractivity contribution < 1.29 is 4.79 Å². The lowest BCUT2D eigenvalue weighted by molar-refractivity contribution is -0.120. The van der Waals surface area contributed by atoms with Gasteiger partial charge in [0.2, 0.25) is 5.91 Å². The Balaban J connectivity index is 1.49. The Morgan fingerprint density at radius 3 is 2.81 bits per heavy atom. The van der Waals surface area contributed by atoms with Gasteiger partial charge in [0.05, 0.1) is 6.42 Å². The minimum atomic E-state index is 0.0717. The summed E-state index contributed by atoms with van der Waals surface area (Å²) in [4.78, 5) is 16.4. The molecule has 0 bridgehead atoms. The van der Waals surface area contributed by atoms with Crippen LogP contribution in [0.25, 0.3) is 0 Å². The fourth-order valence-electron chi connectivity index (χ4n) is 2.67. The Labute approximate surface area is 125 Å². The highest BCUT2D eigenvalue weighted by Crippen LogP contribution is 2.36. The van der Waals surface area contributed by atoms with E-state index < -0.39 is 0 Å². The van der Waals surface area contributed by atoms with Crippen molar-refractivity contribution in [3.63, 3.8) is 0 Å². The molecule has 0 spiro atoms. The van der Waals surface area contributed by atoms with Crippen LogP contribution in [0.15, 0.2) is 36.5 Å². The molecule has 1 aromatic carbocycles. The van der Waals surface area contributed by atoms with E-state index in [1.807, 2.05) is 36.5 Å². The van der Waals surface area contributed by atoms with Gasteiger partial charge in [-0.15, -0.1) is 0 Å². The van der Waals surface area contributed by atoms with Gasteiger partial charge >= 0.3 is 0 Å². The van der Waals surface area contributed by atoms with Crippen LogP contribution in [0.2, 0.25) is 0 Å². The van der Waals surface area contributed by atoms with Gasteiger partial charge in [-0.25, -0.2) is 4.98 Å². The van der Waals surface area contributed by atoms with Crippen LogP contribution in [0.3, 0.4) is 0 Å². The van der Waals surface area contributed by atoms with Crippen LogP contribution in [0, 0.1) is 6.92 Å². The van der Waals surface area contributed by atoms with Gasteiger partial charge in [0.25, 0.3) is 0 Å². The molecule has 1 amide bonds. The lowest BCUT2D eigenvalue weighted by atomic mass is 10.1. The number of carbonyl (C=O) groups excluding carboxylic acids is 1. The molecule has 1 aromatic heterocycles. The quantitative estimate of drug-likeness (QED) is 0.885. The SMILES string of the molecule is Cc1cnc(CCNC(=O)Cc2ccccc2)n1C1CC1. The molecule has 4 nitrogen and oxygen atoms in total. The van der Waals surface area contributed by atoms with Crippen molar-refractivity contribution in [1.29, 1.82) is 0 Å². The normalized spacial score (nSPS) is 14.1. The van der Waals surface area contributed by atoms with Gasteiger partial charge in [0.15, 0.2) is 0 Å². The largest absolute Gasteiger partial charge is 0.355 e. The summed E-state index contributed by atoms with van der Waals surface area (Å²) in [6.45, 7) is 2.75. The molecule has 0 radical (unpaired) electrons. The number of benzene rings is 1. The molecule has 21 heavy (non-hydrogen) atoms. The summed E-state index contributed by atoms with van der Waals surface area (Å²) in [7, 11) is 0. The van der Waals surface area contributed by atoms with Crippen molar-refractivity contribution >= 4 is 5.91 Å². The molecule has 1 aliphatic rings. The lowest BCUT2D eigenvalue weighted by Crippen LogP contribution is -2.28. The second-order valence-corrected chi connectivity index (χ2v) is 5.68. The number of rotatable bonds is 6. The zero-order valence-corrected chi connectivity index (χ0v) is 12.4. The number of hydrogen-bond donors (Lipinski definition) is 1. The molecule has 110 valence electrons. The third kappa shape index (κ3) is 3.51. The molecule has 1 heterocycles. The molecule has 1 aliphatic carbocycles. The van der Waals surface area contributed by atoms with Crippen LogP contribution in [0.1, 0.15) is 36.0 Å². The zero-order chi connectivity index (χ0) is 14.7. The van der Waals surface area contributed by atoms with Crippen LogP contribution in [0.5, 0.6) is 0 Å². The number of amides is 1. The van der Waals surface area contributed by atoms with Crippen molar-refractivity contribution in [2.75, 3.05) is 6.54 Å². The molecule has 3 rings (SSSR count). The summed E-state index contributed by atoms with van der Waals surface area (Å²) in [5, 5.41) is 2.98. The predicted octanol–water partition coefficient (Wildman–Crippen LogP) is 2.43. The van der Waals surface area contributed by atoms with E-state index in [-0.39, 0.29) is 5.91 Å². The standard InChI is InChI=1S/C17H21N3O/c1-13-12-19-16(20(13)15-7-8-15)9-10-18-17(21)11-14-5-3-2-4-6-14/h2-6,12,15H,7-11H2,1H3,(H,18,21). The first-order valence-electron chi connectivity index (χ1n) is 7.57. The third-order valence-corrected chi connectivity index (χ3v) is 3.85. The third-order valence-electron chi connectivity index (χ3n) is 3.85. The lowest BCUT2D eigenvalue weighted by Gasteiger charge is -2.09. The van der Waals surface area contributed by atoms with Gasteiger partial charge in [-0.05, 0) is 25.3 Å². The van der Waals surface area contributed by atoms with Crippen molar-refractivity contribution in [3.05, 3.63) is 53.6 Å². The van der Waals surface area contributed by atoms with E-state index in [1.165, 1.54) is 18.5 Å². The number of imidazole rings is 1. The molecular formula is C17H21N3O. The molecule has 4 heteroatoms. The van der Waals surface area contributed by atoms with E-state index in [2.05, 4.69) is 21.8 Å². The number of aromatic nitrogens is 2. The van der Waals surface area contributed by atoms with Gasteiger partial charge in [-0.2, -0.15) is 0 Å². The number of hydrogen-bond acceptors (Lipinski definition) is 2. The molecule has 0 unspecified atom stereocenters. The fraction of sp³-hybridized carbons (Fsp3) is 0.412. The van der Waals surface area contributed by atoms with Gasteiger partial charge in [0.1, 0.15) is 5.82 Å². The van der Waals surface area contributed by atoms with E-state index in [9.17, 15) is 4.79 Å². The Kier molecular flexibility index (Phi) is 4.04. The average molecular weight is 283 g/mol. The van der Waals surface area contributed by atoms with Gasteiger partial charge in [-0.3, -0.25) is 4.79 Å². The second kappa shape index (κ2) is 6.12. The summed E-state index contributed by atoms with van der Waals surface area (Å²) in [6, 6.07) is 10.5. The van der Waals surface area contributed by atoms with Gasteiger partial charge in [0, 0.05) is 30.9 Å². The van der Waals surface area contributed by atoms with E-state index in [0.29, 0.717) is 19.0 Å². The Morgan fingerprint density at radius 1 is 1.33 bits per heavy atom. The molecule has 1 N–H and O–H groups in total. The van der Waals surface area contributed by atoms with Crippen LogP contribution >= 0.6 is 0 Å². The predicted molar refractivity (Wildman–Crippen MR) is 82.1 cm³/mol. The Bertz CT molecular complexity index is 614. The Morgan fingerprint density at radius 2 is 2.10 bits per heavy atom. The summed E-state index contributed by atoms with van der Waals surface area (Å²) in [6.07, 6.45) is 5.68. The topological polar surface area (TPSA) is 46.9 Å².